The van der Waals surface area contributed by atoms with Crippen molar-refractivity contribution >= 4 is 34.9 Å². The van der Waals surface area contributed by atoms with Gasteiger partial charge in [0.2, 0.25) is 0 Å². The SMILES string of the molecule is C=C(N)/N=C(\C1=C(N)CN(C(=O)NC2CC2)C1)c1c(Cl)cc(Cl)cc1OCCn1ccc(C(F)(F)F)n1. The molecule has 2 amide bonds. The van der Waals surface area contributed by atoms with Crippen molar-refractivity contribution in [3.8, 4) is 5.75 Å². The van der Waals surface area contributed by atoms with Crippen LogP contribution in [0.25, 0.3) is 0 Å². The van der Waals surface area contributed by atoms with E-state index >= 15 is 0 Å². The van der Waals surface area contributed by atoms with Gasteiger partial charge in [-0.15, -0.1) is 0 Å². The molecule has 4 rings (SSSR count). The number of carbonyl (C=O) groups excluding carboxylic acids is 1. The maximum Gasteiger partial charge on any atom is 0.435 e. The number of nitrogens with zero attached hydrogens (tertiary/aromatic N) is 4. The van der Waals surface area contributed by atoms with Gasteiger partial charge in [0.05, 0.1) is 35.9 Å². The van der Waals surface area contributed by atoms with Gasteiger partial charge in [-0.2, -0.15) is 18.3 Å². The summed E-state index contributed by atoms with van der Waals surface area (Å²) in [4.78, 5) is 18.5. The van der Waals surface area contributed by atoms with Crippen molar-refractivity contribution in [1.29, 1.82) is 0 Å². The Labute approximate surface area is 220 Å². The molecular formula is C23H24Cl2F3N7O2. The van der Waals surface area contributed by atoms with Gasteiger partial charge in [-0.1, -0.05) is 29.8 Å². The molecule has 0 unspecified atom stereocenters. The van der Waals surface area contributed by atoms with Gasteiger partial charge in [0.25, 0.3) is 0 Å². The minimum atomic E-state index is -4.55. The molecule has 1 aliphatic carbocycles. The van der Waals surface area contributed by atoms with Crippen molar-refractivity contribution in [3.05, 3.63) is 69.4 Å². The number of aromatic nitrogens is 2. The molecular weight excluding hydrogens is 534 g/mol. The second kappa shape index (κ2) is 10.5. The number of rotatable bonds is 8. The van der Waals surface area contributed by atoms with Crippen LogP contribution in [0.3, 0.4) is 0 Å². The van der Waals surface area contributed by atoms with Crippen LogP contribution < -0.4 is 21.5 Å². The maximum atomic E-state index is 12.8. The van der Waals surface area contributed by atoms with Crippen LogP contribution in [0.2, 0.25) is 10.0 Å². The first-order valence-electron chi connectivity index (χ1n) is 11.2. The highest BCUT2D eigenvalue weighted by molar-refractivity contribution is 6.38. The van der Waals surface area contributed by atoms with Crippen molar-refractivity contribution in [3.63, 3.8) is 0 Å². The summed E-state index contributed by atoms with van der Waals surface area (Å²) in [5, 5.41) is 6.85. The summed E-state index contributed by atoms with van der Waals surface area (Å²) in [6, 6.07) is 3.77. The molecule has 1 saturated carbocycles. The fourth-order valence-electron chi connectivity index (χ4n) is 3.71. The fraction of sp³-hybridized carbons (Fsp3) is 0.348. The first kappa shape index (κ1) is 26.7. The van der Waals surface area contributed by atoms with Crippen molar-refractivity contribution in [2.45, 2.75) is 31.6 Å². The minimum absolute atomic E-state index is 0.00960. The van der Waals surface area contributed by atoms with Crippen molar-refractivity contribution in [2.75, 3.05) is 19.7 Å². The highest BCUT2D eigenvalue weighted by Gasteiger charge is 2.34. The molecule has 0 spiro atoms. The topological polar surface area (TPSA) is 124 Å². The number of benzene rings is 1. The van der Waals surface area contributed by atoms with Crippen LogP contribution in [0.15, 0.2) is 53.1 Å². The van der Waals surface area contributed by atoms with E-state index in [0.29, 0.717) is 16.8 Å². The largest absolute Gasteiger partial charge is 0.491 e. The van der Waals surface area contributed by atoms with Gasteiger partial charge in [-0.3, -0.25) is 4.68 Å². The zero-order valence-electron chi connectivity index (χ0n) is 19.5. The molecule has 1 aliphatic heterocycles. The van der Waals surface area contributed by atoms with Crippen LogP contribution in [0, 0.1) is 0 Å². The van der Waals surface area contributed by atoms with E-state index in [4.69, 9.17) is 39.4 Å². The molecule has 2 heterocycles. The third-order valence-electron chi connectivity index (χ3n) is 5.60. The molecule has 0 saturated heterocycles. The smallest absolute Gasteiger partial charge is 0.435 e. The Morgan fingerprint density at radius 3 is 2.65 bits per heavy atom. The normalized spacial score (nSPS) is 16.4. The quantitative estimate of drug-likeness (QED) is 0.424. The minimum Gasteiger partial charge on any atom is -0.491 e. The number of carbonyl (C=O) groups is 1. The summed E-state index contributed by atoms with van der Waals surface area (Å²) in [5.74, 6) is 0.159. The molecule has 1 aromatic heterocycles. The first-order valence-corrected chi connectivity index (χ1v) is 12.0. The van der Waals surface area contributed by atoms with E-state index in [0.717, 1.165) is 23.6 Å². The van der Waals surface area contributed by atoms with Gasteiger partial charge in [-0.25, -0.2) is 9.79 Å². The Morgan fingerprint density at radius 1 is 1.30 bits per heavy atom. The van der Waals surface area contributed by atoms with E-state index < -0.39 is 11.9 Å². The highest BCUT2D eigenvalue weighted by Crippen LogP contribution is 2.35. The van der Waals surface area contributed by atoms with Crippen LogP contribution in [-0.4, -0.2) is 52.2 Å². The lowest BCUT2D eigenvalue weighted by molar-refractivity contribution is -0.141. The second-order valence-corrected chi connectivity index (χ2v) is 9.45. The van der Waals surface area contributed by atoms with E-state index in [1.807, 2.05) is 0 Å². The number of aliphatic imine (C=N–C) groups is 1. The summed E-state index contributed by atoms with van der Waals surface area (Å²) in [6.45, 7) is 3.90. The zero-order valence-corrected chi connectivity index (χ0v) is 21.0. The van der Waals surface area contributed by atoms with E-state index in [1.54, 1.807) is 0 Å². The van der Waals surface area contributed by atoms with Crippen molar-refractivity contribution in [2.24, 2.45) is 16.5 Å². The maximum absolute atomic E-state index is 12.8. The number of hydrogen-bond donors (Lipinski definition) is 3. The average Bonchev–Trinajstić information content (AvgIpc) is 3.31. The van der Waals surface area contributed by atoms with Crippen LogP contribution in [0.4, 0.5) is 18.0 Å². The van der Waals surface area contributed by atoms with E-state index in [-0.39, 0.29) is 65.6 Å². The molecule has 1 fully saturated rings. The van der Waals surface area contributed by atoms with E-state index in [1.165, 1.54) is 23.2 Å². The third-order valence-corrected chi connectivity index (χ3v) is 6.11. The second-order valence-electron chi connectivity index (χ2n) is 8.61. The number of nitrogens with one attached hydrogen (secondary N) is 1. The van der Waals surface area contributed by atoms with Crippen LogP contribution in [0.5, 0.6) is 5.75 Å². The monoisotopic (exact) mass is 557 g/mol. The van der Waals surface area contributed by atoms with Gasteiger partial charge in [0.1, 0.15) is 18.2 Å². The molecule has 14 heteroatoms. The van der Waals surface area contributed by atoms with Gasteiger partial charge >= 0.3 is 12.2 Å². The summed E-state index contributed by atoms with van der Waals surface area (Å²) >= 11 is 12.8. The first-order chi connectivity index (χ1) is 17.4. The molecule has 0 atom stereocenters. The molecule has 198 valence electrons. The summed E-state index contributed by atoms with van der Waals surface area (Å²) in [5.41, 5.74) is 12.6. The average molecular weight is 558 g/mol. The number of ether oxygens (including phenoxy) is 1. The molecule has 2 aliphatic rings. The lowest BCUT2D eigenvalue weighted by Crippen LogP contribution is -2.40. The number of hydrogen-bond acceptors (Lipinski definition) is 6. The van der Waals surface area contributed by atoms with Gasteiger partial charge in [0, 0.05) is 28.5 Å². The number of nitrogens with two attached hydrogens (primary N) is 2. The molecule has 5 N–H and O–H groups in total. The molecule has 37 heavy (non-hydrogen) atoms. The summed E-state index contributed by atoms with van der Waals surface area (Å²) in [7, 11) is 0. The fourth-order valence-corrected chi connectivity index (χ4v) is 4.28. The Balaban J connectivity index is 1.59. The Hall–Kier alpha value is -3.38. The van der Waals surface area contributed by atoms with Crippen LogP contribution >= 0.6 is 23.2 Å². The Kier molecular flexibility index (Phi) is 7.60. The predicted molar refractivity (Wildman–Crippen MR) is 133 cm³/mol. The van der Waals surface area contributed by atoms with Gasteiger partial charge in [-0.05, 0) is 31.0 Å². The zero-order chi connectivity index (χ0) is 26.9. The molecule has 2 aromatic rings. The Bertz CT molecular complexity index is 1290. The van der Waals surface area contributed by atoms with Gasteiger partial charge < -0.3 is 26.4 Å². The molecule has 9 nitrogen and oxygen atoms in total. The lowest BCUT2D eigenvalue weighted by atomic mass is 10.0. The lowest BCUT2D eigenvalue weighted by Gasteiger charge is -2.19. The summed E-state index contributed by atoms with van der Waals surface area (Å²) in [6.07, 6.45) is -1.47. The number of alkyl halides is 3. The van der Waals surface area contributed by atoms with Crippen LogP contribution in [-0.2, 0) is 12.7 Å². The number of halogens is 5. The van der Waals surface area contributed by atoms with Crippen LogP contribution in [0.1, 0.15) is 24.1 Å². The van der Waals surface area contributed by atoms with E-state index in [9.17, 15) is 18.0 Å². The molecule has 0 radical (unpaired) electrons. The van der Waals surface area contributed by atoms with Crippen molar-refractivity contribution < 1.29 is 22.7 Å². The molecule has 1 aromatic carbocycles. The summed E-state index contributed by atoms with van der Waals surface area (Å²) < 4.78 is 45.5. The van der Waals surface area contributed by atoms with Gasteiger partial charge in [0.15, 0.2) is 5.69 Å². The third kappa shape index (κ3) is 6.50. The number of urea groups is 1. The standard InChI is InChI=1S/C23H24Cl2F3N7O2/c1-12(29)31-21(15-10-34(11-17(15)30)22(36)32-14-2-3-14)20-16(25)8-13(24)9-18(20)37-7-6-35-5-4-19(33-35)23(26,27)28/h4-5,8-9,14H,1-3,6-7,10-11,29-30H2,(H,32,36)/b31-21+. The van der Waals surface area contributed by atoms with Crippen molar-refractivity contribution in [1.82, 2.24) is 20.0 Å². The van der Waals surface area contributed by atoms with E-state index in [2.05, 4.69) is 22.0 Å². The predicted octanol–water partition coefficient (Wildman–Crippen LogP) is 3.91. The number of amides is 2. The molecule has 0 bridgehead atoms. The highest BCUT2D eigenvalue weighted by atomic mass is 35.5. The Morgan fingerprint density at radius 2 is 2.03 bits per heavy atom.